The van der Waals surface area contributed by atoms with Crippen LogP contribution in [0.1, 0.15) is 16.7 Å². The third kappa shape index (κ3) is 4.45. The van der Waals surface area contributed by atoms with Gasteiger partial charge < -0.3 is 10.5 Å². The SMILES string of the molecule is NC(=O)Cc1[c]cc(Cc2c(OC(F)F)ccc(F)c2F)cc1. The molecule has 7 heteroatoms. The van der Waals surface area contributed by atoms with E-state index in [-0.39, 0.29) is 18.4 Å². The van der Waals surface area contributed by atoms with Gasteiger partial charge in [0.05, 0.1) is 6.42 Å². The normalized spacial score (nSPS) is 10.8. The van der Waals surface area contributed by atoms with E-state index < -0.39 is 29.9 Å². The summed E-state index contributed by atoms with van der Waals surface area (Å²) in [5.41, 5.74) is 5.75. The van der Waals surface area contributed by atoms with E-state index in [1.54, 1.807) is 12.1 Å². The minimum absolute atomic E-state index is 0.00561. The fourth-order valence-corrected chi connectivity index (χ4v) is 2.05. The van der Waals surface area contributed by atoms with E-state index in [2.05, 4.69) is 10.8 Å². The number of nitrogens with two attached hydrogens (primary N) is 1. The van der Waals surface area contributed by atoms with Gasteiger partial charge in [-0.1, -0.05) is 18.2 Å². The van der Waals surface area contributed by atoms with Crippen LogP contribution < -0.4 is 10.5 Å². The van der Waals surface area contributed by atoms with E-state index in [9.17, 15) is 22.4 Å². The van der Waals surface area contributed by atoms with Crippen LogP contribution in [0.2, 0.25) is 0 Å². The second-order valence-corrected chi connectivity index (χ2v) is 4.76. The molecule has 1 amide bonds. The Morgan fingerprint density at radius 1 is 1.22 bits per heavy atom. The molecule has 0 fully saturated rings. The molecule has 0 heterocycles. The minimum Gasteiger partial charge on any atom is -0.434 e. The smallest absolute Gasteiger partial charge is 0.387 e. The summed E-state index contributed by atoms with van der Waals surface area (Å²) in [6.45, 7) is -3.15. The molecule has 0 unspecified atom stereocenters. The van der Waals surface area contributed by atoms with Gasteiger partial charge in [0.25, 0.3) is 0 Å². The molecule has 0 aliphatic rings. The number of hydrogen-bond donors (Lipinski definition) is 1. The monoisotopic (exact) mass is 326 g/mol. The molecule has 2 rings (SSSR count). The van der Waals surface area contributed by atoms with Crippen LogP contribution in [-0.2, 0) is 17.6 Å². The van der Waals surface area contributed by atoms with Gasteiger partial charge >= 0.3 is 6.61 Å². The van der Waals surface area contributed by atoms with Crippen molar-refractivity contribution in [1.82, 2.24) is 0 Å². The van der Waals surface area contributed by atoms with E-state index in [1.165, 1.54) is 6.07 Å². The van der Waals surface area contributed by atoms with Crippen molar-refractivity contribution in [3.8, 4) is 5.75 Å². The van der Waals surface area contributed by atoms with Crippen LogP contribution in [0.15, 0.2) is 30.3 Å². The molecular weight excluding hydrogens is 314 g/mol. The third-order valence-electron chi connectivity index (χ3n) is 3.06. The van der Waals surface area contributed by atoms with Crippen LogP contribution in [-0.4, -0.2) is 12.5 Å². The summed E-state index contributed by atoms with van der Waals surface area (Å²) in [6, 6.07) is 8.99. The summed E-state index contributed by atoms with van der Waals surface area (Å²) in [4.78, 5) is 10.8. The van der Waals surface area contributed by atoms with Gasteiger partial charge in [0.2, 0.25) is 5.91 Å². The fraction of sp³-hybridized carbons (Fsp3) is 0.188. The van der Waals surface area contributed by atoms with Crippen LogP contribution in [0.3, 0.4) is 0 Å². The minimum atomic E-state index is -3.15. The Kier molecular flexibility index (Phi) is 5.20. The lowest BCUT2D eigenvalue weighted by atomic mass is 10.0. The topological polar surface area (TPSA) is 52.3 Å². The number of ether oxygens (including phenoxy) is 1. The van der Waals surface area contributed by atoms with E-state index in [0.717, 1.165) is 12.1 Å². The van der Waals surface area contributed by atoms with Gasteiger partial charge in [-0.25, -0.2) is 8.78 Å². The van der Waals surface area contributed by atoms with Gasteiger partial charge in [-0.05, 0) is 29.3 Å². The maximum Gasteiger partial charge on any atom is 0.387 e. The first-order valence-electron chi connectivity index (χ1n) is 6.56. The van der Waals surface area contributed by atoms with Crippen molar-refractivity contribution in [2.75, 3.05) is 0 Å². The summed E-state index contributed by atoms with van der Waals surface area (Å²) >= 11 is 0. The Balaban J connectivity index is 2.28. The van der Waals surface area contributed by atoms with Gasteiger partial charge in [-0.3, -0.25) is 4.79 Å². The number of rotatable bonds is 6. The molecule has 0 atom stereocenters. The highest BCUT2D eigenvalue weighted by atomic mass is 19.3. The van der Waals surface area contributed by atoms with Gasteiger partial charge in [-0.15, -0.1) is 0 Å². The average Bonchev–Trinajstić information content (AvgIpc) is 2.47. The van der Waals surface area contributed by atoms with Crippen LogP contribution >= 0.6 is 0 Å². The summed E-state index contributed by atoms with van der Waals surface area (Å²) in [5.74, 6) is -3.36. The van der Waals surface area contributed by atoms with Crippen LogP contribution in [0, 0.1) is 17.7 Å². The molecule has 23 heavy (non-hydrogen) atoms. The molecule has 2 aromatic rings. The van der Waals surface area contributed by atoms with Crippen molar-refractivity contribution in [2.45, 2.75) is 19.5 Å². The molecule has 0 spiro atoms. The lowest BCUT2D eigenvalue weighted by Gasteiger charge is -2.12. The zero-order chi connectivity index (χ0) is 17.0. The number of benzene rings is 2. The maximum atomic E-state index is 13.9. The van der Waals surface area contributed by atoms with Crippen LogP contribution in [0.4, 0.5) is 17.6 Å². The second-order valence-electron chi connectivity index (χ2n) is 4.76. The van der Waals surface area contributed by atoms with Crippen LogP contribution in [0.5, 0.6) is 5.75 Å². The molecule has 0 aliphatic carbocycles. The first kappa shape index (κ1) is 16.8. The van der Waals surface area contributed by atoms with Crippen molar-refractivity contribution in [3.05, 3.63) is 64.7 Å². The number of alkyl halides is 2. The van der Waals surface area contributed by atoms with Crippen LogP contribution in [0.25, 0.3) is 0 Å². The van der Waals surface area contributed by atoms with Crippen molar-refractivity contribution in [3.63, 3.8) is 0 Å². The molecule has 0 aliphatic heterocycles. The van der Waals surface area contributed by atoms with Gasteiger partial charge in [-0.2, -0.15) is 8.78 Å². The molecular formula is C16H12F4NO2. The van der Waals surface area contributed by atoms with Crippen molar-refractivity contribution >= 4 is 5.91 Å². The maximum absolute atomic E-state index is 13.9. The van der Waals surface area contributed by atoms with Crippen molar-refractivity contribution < 1.29 is 27.1 Å². The molecule has 2 N–H and O–H groups in total. The zero-order valence-electron chi connectivity index (χ0n) is 11.8. The Bertz CT molecular complexity index is 702. The Labute approximate surface area is 129 Å². The first-order valence-corrected chi connectivity index (χ1v) is 6.56. The fourth-order valence-electron chi connectivity index (χ4n) is 2.05. The Morgan fingerprint density at radius 2 is 1.96 bits per heavy atom. The summed E-state index contributed by atoms with van der Waals surface area (Å²) in [6.07, 6.45) is -0.173. The zero-order valence-corrected chi connectivity index (χ0v) is 11.8. The van der Waals surface area contributed by atoms with E-state index in [1.807, 2.05) is 0 Å². The molecule has 0 aromatic heterocycles. The summed E-state index contributed by atoms with van der Waals surface area (Å²) < 4.78 is 56.1. The van der Waals surface area contributed by atoms with E-state index >= 15 is 0 Å². The predicted molar refractivity (Wildman–Crippen MR) is 74.0 cm³/mol. The molecule has 1 radical (unpaired) electrons. The summed E-state index contributed by atoms with van der Waals surface area (Å²) in [7, 11) is 0. The molecule has 3 nitrogen and oxygen atoms in total. The van der Waals surface area contributed by atoms with Crippen molar-refractivity contribution in [1.29, 1.82) is 0 Å². The summed E-state index contributed by atoms with van der Waals surface area (Å²) in [5, 5.41) is 0. The lowest BCUT2D eigenvalue weighted by Crippen LogP contribution is -2.13. The predicted octanol–water partition coefficient (Wildman–Crippen LogP) is 2.98. The highest BCUT2D eigenvalue weighted by Gasteiger charge is 2.18. The Hall–Kier alpha value is -2.57. The molecule has 0 saturated heterocycles. The van der Waals surface area contributed by atoms with E-state index in [0.29, 0.717) is 11.1 Å². The third-order valence-corrected chi connectivity index (χ3v) is 3.06. The highest BCUT2D eigenvalue weighted by Crippen LogP contribution is 2.28. The lowest BCUT2D eigenvalue weighted by molar-refractivity contribution is -0.117. The Morgan fingerprint density at radius 3 is 2.52 bits per heavy atom. The highest BCUT2D eigenvalue weighted by molar-refractivity contribution is 5.76. The number of halogens is 4. The standard InChI is InChI=1S/C16H12F4NO2/c17-12-5-6-13(23-16(19)20)11(15(12)18)7-9-1-3-10(4-2-9)8-14(21)22/h1-3,5-6,16H,7-8H2,(H2,21,22). The van der Waals surface area contributed by atoms with Gasteiger partial charge in [0, 0.05) is 12.0 Å². The molecule has 121 valence electrons. The van der Waals surface area contributed by atoms with E-state index in [4.69, 9.17) is 5.73 Å². The number of hydrogen-bond acceptors (Lipinski definition) is 2. The first-order chi connectivity index (χ1) is 10.9. The number of carbonyl (C=O) groups is 1. The number of carbonyl (C=O) groups excluding carboxylic acids is 1. The van der Waals surface area contributed by atoms with Gasteiger partial charge in [0.15, 0.2) is 11.6 Å². The quantitative estimate of drug-likeness (QED) is 0.830. The molecule has 0 saturated carbocycles. The molecule has 2 aromatic carbocycles. The second kappa shape index (κ2) is 7.13. The number of primary amides is 1. The van der Waals surface area contributed by atoms with Crippen molar-refractivity contribution in [2.24, 2.45) is 5.73 Å². The average molecular weight is 326 g/mol. The number of amides is 1. The molecule has 0 bridgehead atoms. The van der Waals surface area contributed by atoms with Gasteiger partial charge in [0.1, 0.15) is 5.75 Å². The largest absolute Gasteiger partial charge is 0.434 e.